The van der Waals surface area contributed by atoms with Gasteiger partial charge in [-0.1, -0.05) is 100 Å². The van der Waals surface area contributed by atoms with Crippen LogP contribution in [0.25, 0.3) is 0 Å². The minimum Gasteiger partial charge on any atom is -0.0851 e. The molecule has 0 spiro atoms. The molecule has 3 aliphatic rings. The first-order valence-electron chi connectivity index (χ1n) is 11.1. The van der Waals surface area contributed by atoms with Gasteiger partial charge in [-0.15, -0.1) is 0 Å². The molecule has 0 aliphatic heterocycles. The highest BCUT2D eigenvalue weighted by Crippen LogP contribution is 2.37. The van der Waals surface area contributed by atoms with E-state index in [1.54, 1.807) is 0 Å². The summed E-state index contributed by atoms with van der Waals surface area (Å²) in [5.41, 5.74) is 1.53. The van der Waals surface area contributed by atoms with Crippen LogP contribution in [0.15, 0.2) is 42.5 Å². The van der Waals surface area contributed by atoms with E-state index in [0.29, 0.717) is 0 Å². The Bertz CT molecular complexity index is 486. The average molecular weight is 339 g/mol. The molecule has 3 unspecified atom stereocenters. The van der Waals surface area contributed by atoms with E-state index < -0.39 is 0 Å². The fourth-order valence-electron chi connectivity index (χ4n) is 5.00. The van der Waals surface area contributed by atoms with Crippen molar-refractivity contribution in [2.24, 2.45) is 17.8 Å². The Labute approximate surface area is 156 Å². The van der Waals surface area contributed by atoms with Gasteiger partial charge in [0, 0.05) is 0 Å². The van der Waals surface area contributed by atoms with E-state index in [0.717, 1.165) is 17.8 Å². The summed E-state index contributed by atoms with van der Waals surface area (Å²) in [4.78, 5) is 0. The smallest absolute Gasteiger partial charge is 0.0205 e. The van der Waals surface area contributed by atoms with E-state index >= 15 is 0 Å². The molecule has 3 aliphatic carbocycles. The first-order valence-corrected chi connectivity index (χ1v) is 11.1. The SMILES string of the molecule is C1=CC2CCCCCCCCCCCC1CC2CCc1ccccc1. The Kier molecular flexibility index (Phi) is 8.13. The van der Waals surface area contributed by atoms with Gasteiger partial charge >= 0.3 is 0 Å². The van der Waals surface area contributed by atoms with Gasteiger partial charge in [-0.3, -0.25) is 0 Å². The summed E-state index contributed by atoms with van der Waals surface area (Å²) in [7, 11) is 0. The second-order valence-electron chi connectivity index (χ2n) is 8.59. The highest BCUT2D eigenvalue weighted by atomic mass is 14.3. The summed E-state index contributed by atoms with van der Waals surface area (Å²) >= 11 is 0. The fraction of sp³-hybridized carbons (Fsp3) is 0.680. The van der Waals surface area contributed by atoms with Crippen molar-refractivity contribution in [1.29, 1.82) is 0 Å². The molecule has 25 heavy (non-hydrogen) atoms. The third kappa shape index (κ3) is 6.65. The molecular formula is C25H38. The summed E-state index contributed by atoms with van der Waals surface area (Å²) in [6.45, 7) is 0. The van der Waals surface area contributed by atoms with Gasteiger partial charge in [-0.2, -0.15) is 0 Å². The lowest BCUT2D eigenvalue weighted by molar-refractivity contribution is 0.265. The maximum absolute atomic E-state index is 2.63. The molecule has 2 bridgehead atoms. The van der Waals surface area contributed by atoms with Crippen LogP contribution >= 0.6 is 0 Å². The van der Waals surface area contributed by atoms with Crippen LogP contribution in [-0.4, -0.2) is 0 Å². The molecule has 3 atom stereocenters. The summed E-state index contributed by atoms with van der Waals surface area (Å²) in [5, 5.41) is 0. The van der Waals surface area contributed by atoms with Gasteiger partial charge in [-0.25, -0.2) is 0 Å². The van der Waals surface area contributed by atoms with E-state index in [1.807, 2.05) is 0 Å². The number of benzene rings is 1. The molecule has 0 heteroatoms. The molecule has 0 N–H and O–H groups in total. The minimum atomic E-state index is 0.852. The molecule has 0 radical (unpaired) electrons. The molecule has 1 fully saturated rings. The Morgan fingerprint density at radius 3 is 2.04 bits per heavy atom. The Morgan fingerprint density at radius 1 is 0.680 bits per heavy atom. The molecule has 0 saturated heterocycles. The number of hydrogen-bond donors (Lipinski definition) is 0. The van der Waals surface area contributed by atoms with E-state index in [9.17, 15) is 0 Å². The maximum Gasteiger partial charge on any atom is -0.0205 e. The standard InChI is InChI=1S/C25H38/c1-2-4-6-9-15-23-18-19-24(16-12-7-5-3-1)25(21-23)20-17-22-13-10-8-11-14-22/h8,10-11,13-14,18-19,23-25H,1-7,9,12,15-17,20-21H2. The van der Waals surface area contributed by atoms with Crippen molar-refractivity contribution in [3.63, 3.8) is 0 Å². The molecule has 0 heterocycles. The molecule has 1 aromatic rings. The number of aryl methyl sites for hydroxylation is 1. The lowest BCUT2D eigenvalue weighted by Crippen LogP contribution is -2.22. The first-order chi connectivity index (χ1) is 12.4. The molecule has 4 rings (SSSR count). The number of rotatable bonds is 3. The summed E-state index contributed by atoms with van der Waals surface area (Å²) in [5.74, 6) is 2.63. The van der Waals surface area contributed by atoms with Gasteiger partial charge in [0.25, 0.3) is 0 Å². The van der Waals surface area contributed by atoms with Crippen LogP contribution in [0.3, 0.4) is 0 Å². The predicted molar refractivity (Wildman–Crippen MR) is 110 cm³/mol. The zero-order valence-electron chi connectivity index (χ0n) is 16.2. The van der Waals surface area contributed by atoms with Crippen molar-refractivity contribution in [2.75, 3.05) is 0 Å². The van der Waals surface area contributed by atoms with Crippen LogP contribution in [0.1, 0.15) is 89.0 Å². The Morgan fingerprint density at radius 2 is 1.32 bits per heavy atom. The van der Waals surface area contributed by atoms with Gasteiger partial charge in [0.1, 0.15) is 0 Å². The van der Waals surface area contributed by atoms with Crippen molar-refractivity contribution in [3.05, 3.63) is 48.0 Å². The molecule has 1 aromatic carbocycles. The highest BCUT2D eigenvalue weighted by Gasteiger charge is 2.25. The average Bonchev–Trinajstić information content (AvgIpc) is 2.67. The lowest BCUT2D eigenvalue weighted by Gasteiger charge is -2.32. The van der Waals surface area contributed by atoms with E-state index in [2.05, 4.69) is 42.5 Å². The number of allylic oxidation sites excluding steroid dienone is 2. The second kappa shape index (κ2) is 10.8. The van der Waals surface area contributed by atoms with Crippen LogP contribution in [0, 0.1) is 17.8 Å². The quantitative estimate of drug-likeness (QED) is 0.494. The third-order valence-electron chi connectivity index (χ3n) is 6.60. The lowest BCUT2D eigenvalue weighted by atomic mass is 9.73. The topological polar surface area (TPSA) is 0 Å². The minimum absolute atomic E-state index is 0.852. The van der Waals surface area contributed by atoms with Crippen molar-refractivity contribution in [1.82, 2.24) is 0 Å². The van der Waals surface area contributed by atoms with Gasteiger partial charge < -0.3 is 0 Å². The van der Waals surface area contributed by atoms with Gasteiger partial charge in [-0.05, 0) is 55.4 Å². The van der Waals surface area contributed by atoms with Crippen molar-refractivity contribution < 1.29 is 0 Å². The molecular weight excluding hydrogens is 300 g/mol. The van der Waals surface area contributed by atoms with Gasteiger partial charge in [0.2, 0.25) is 0 Å². The summed E-state index contributed by atoms with van der Waals surface area (Å²) in [6.07, 6.45) is 25.4. The molecule has 1 saturated carbocycles. The van der Waals surface area contributed by atoms with Crippen molar-refractivity contribution in [2.45, 2.75) is 89.9 Å². The fourth-order valence-corrected chi connectivity index (χ4v) is 5.00. The Balaban J connectivity index is 1.57. The van der Waals surface area contributed by atoms with Crippen LogP contribution < -0.4 is 0 Å². The molecule has 0 amide bonds. The van der Waals surface area contributed by atoms with Crippen LogP contribution in [0.2, 0.25) is 0 Å². The van der Waals surface area contributed by atoms with E-state index in [-0.39, 0.29) is 0 Å². The molecule has 138 valence electrons. The van der Waals surface area contributed by atoms with E-state index in [4.69, 9.17) is 0 Å². The second-order valence-corrected chi connectivity index (χ2v) is 8.59. The van der Waals surface area contributed by atoms with E-state index in [1.165, 1.54) is 95.5 Å². The first kappa shape index (κ1) is 18.7. The molecule has 0 aromatic heterocycles. The van der Waals surface area contributed by atoms with Crippen LogP contribution in [-0.2, 0) is 6.42 Å². The van der Waals surface area contributed by atoms with Gasteiger partial charge in [0.05, 0.1) is 0 Å². The van der Waals surface area contributed by atoms with Crippen LogP contribution in [0.5, 0.6) is 0 Å². The van der Waals surface area contributed by atoms with Crippen LogP contribution in [0.4, 0.5) is 0 Å². The maximum atomic E-state index is 2.63. The monoisotopic (exact) mass is 338 g/mol. The van der Waals surface area contributed by atoms with Crippen molar-refractivity contribution in [3.8, 4) is 0 Å². The third-order valence-corrected chi connectivity index (χ3v) is 6.60. The zero-order chi connectivity index (χ0) is 17.2. The summed E-state index contributed by atoms with van der Waals surface area (Å²) < 4.78 is 0. The number of hydrogen-bond acceptors (Lipinski definition) is 0. The van der Waals surface area contributed by atoms with Crippen molar-refractivity contribution >= 4 is 0 Å². The molecule has 0 nitrogen and oxygen atoms in total. The van der Waals surface area contributed by atoms with Gasteiger partial charge in [0.15, 0.2) is 0 Å². The number of fused-ring (bicyclic) bond motifs is 11. The zero-order valence-corrected chi connectivity index (χ0v) is 16.2. The largest absolute Gasteiger partial charge is 0.0851 e. The highest BCUT2D eigenvalue weighted by molar-refractivity contribution is 5.15. The predicted octanol–water partition coefficient (Wildman–Crippen LogP) is 7.73. The Hall–Kier alpha value is -1.04. The summed E-state index contributed by atoms with van der Waals surface area (Å²) in [6, 6.07) is 11.1. The normalized spacial score (nSPS) is 29.0.